The van der Waals surface area contributed by atoms with Crippen molar-refractivity contribution in [2.45, 2.75) is 5.85 Å². The summed E-state index contributed by atoms with van der Waals surface area (Å²) in [5.74, 6) is -0.998. The predicted octanol–water partition coefficient (Wildman–Crippen LogP) is 2.84. The fraction of sp³-hybridized carbons (Fsp3) is 0.286. The van der Waals surface area contributed by atoms with Gasteiger partial charge in [0, 0.05) is 38.2 Å². The van der Waals surface area contributed by atoms with Gasteiger partial charge in [0.25, 0.3) is 5.85 Å². The molecule has 4 rings (SSSR count). The Labute approximate surface area is 185 Å². The number of likely N-dealkylation sites (N-methyl/N-ethyl adjacent to an activating group) is 1. The first-order valence-electron chi connectivity index (χ1n) is 9.64. The van der Waals surface area contributed by atoms with Gasteiger partial charge in [-0.25, -0.2) is 4.79 Å². The van der Waals surface area contributed by atoms with E-state index in [1.54, 1.807) is 0 Å². The molecule has 1 unspecified atom stereocenters. The molecule has 31 heavy (non-hydrogen) atoms. The number of anilines is 3. The molecule has 0 aromatic heterocycles. The molecular weight excluding hydrogens is 438 g/mol. The summed E-state index contributed by atoms with van der Waals surface area (Å²) in [7, 11) is 0.250. The van der Waals surface area contributed by atoms with Crippen LogP contribution in [0.2, 0.25) is 0 Å². The summed E-state index contributed by atoms with van der Waals surface area (Å²) in [4.78, 5) is 17.9. The summed E-state index contributed by atoms with van der Waals surface area (Å²) in [5.41, 5.74) is 3.82. The van der Waals surface area contributed by atoms with Crippen LogP contribution in [-0.4, -0.2) is 57.7 Å². The molecule has 1 N–H and O–H groups in total. The maximum absolute atomic E-state index is 12.1. The fourth-order valence-electron chi connectivity index (χ4n) is 3.84. The third-order valence-corrected chi connectivity index (χ3v) is 7.48. The van der Waals surface area contributed by atoms with E-state index in [2.05, 4.69) is 0 Å². The van der Waals surface area contributed by atoms with Gasteiger partial charge in [0.05, 0.1) is 11.4 Å². The van der Waals surface area contributed by atoms with Crippen molar-refractivity contribution in [2.24, 2.45) is 0 Å². The summed E-state index contributed by atoms with van der Waals surface area (Å²) in [6.45, 7) is 0.660. The first kappa shape index (κ1) is 21.5. The molecule has 0 amide bonds. The minimum absolute atomic E-state index is 0.191. The van der Waals surface area contributed by atoms with Crippen LogP contribution in [0.5, 0.6) is 0 Å². The molecule has 10 heteroatoms. The Hall–Kier alpha value is -2.69. The molecule has 0 spiro atoms. The Morgan fingerprint density at radius 1 is 1.19 bits per heavy atom. The van der Waals surface area contributed by atoms with Crippen molar-refractivity contribution >= 4 is 49.1 Å². The van der Waals surface area contributed by atoms with Crippen molar-refractivity contribution < 1.29 is 22.5 Å². The van der Waals surface area contributed by atoms with E-state index in [9.17, 15) is 13.2 Å². The van der Waals surface area contributed by atoms with E-state index < -0.39 is 15.0 Å². The molecule has 2 aliphatic rings. The van der Waals surface area contributed by atoms with E-state index in [4.69, 9.17) is 9.29 Å². The maximum atomic E-state index is 12.1. The second-order valence-corrected chi connectivity index (χ2v) is 10.8. The normalized spacial score (nSPS) is 20.2. The summed E-state index contributed by atoms with van der Waals surface area (Å²) in [6, 6.07) is 15.6. The van der Waals surface area contributed by atoms with Gasteiger partial charge in [-0.1, -0.05) is 30.3 Å². The molecule has 0 bridgehead atoms. The number of carbonyl (C=O) groups excluding carboxylic acids is 1. The topological polar surface area (TPSA) is 90.4 Å². The summed E-state index contributed by atoms with van der Waals surface area (Å²) in [5, 5.41) is 0. The molecular formula is C21H23N3O5S2. The van der Waals surface area contributed by atoms with Gasteiger partial charge in [-0.3, -0.25) is 9.45 Å². The lowest BCUT2D eigenvalue weighted by atomic mass is 10.1. The Morgan fingerprint density at radius 3 is 2.55 bits per heavy atom. The number of para-hydroxylation sites is 2. The summed E-state index contributed by atoms with van der Waals surface area (Å²) >= 11 is 0. The Bertz CT molecular complexity index is 1120. The molecule has 0 aliphatic carbocycles. The molecule has 2 aromatic carbocycles. The van der Waals surface area contributed by atoms with Crippen LogP contribution in [0.25, 0.3) is 6.08 Å². The van der Waals surface area contributed by atoms with Crippen LogP contribution < -0.4 is 14.7 Å². The monoisotopic (exact) mass is 461 g/mol. The lowest BCUT2D eigenvalue weighted by Crippen LogP contribution is -2.51. The lowest BCUT2D eigenvalue weighted by molar-refractivity contribution is -0.144. The van der Waals surface area contributed by atoms with Crippen LogP contribution >= 0.6 is 10.8 Å². The van der Waals surface area contributed by atoms with Crippen LogP contribution in [0.1, 0.15) is 5.56 Å². The largest absolute Gasteiger partial charge is 0.414 e. The maximum Gasteiger partial charge on any atom is 0.329 e. The highest BCUT2D eigenvalue weighted by Crippen LogP contribution is 2.48. The SMILES string of the molecule is CN(CCSS(=O)(=O)O)c1ccc(/C=C/C23OC(=O)CN2c2ccccc2N3C)cc1. The highest BCUT2D eigenvalue weighted by Gasteiger charge is 2.54. The van der Waals surface area contributed by atoms with Gasteiger partial charge >= 0.3 is 15.1 Å². The zero-order valence-corrected chi connectivity index (χ0v) is 18.8. The van der Waals surface area contributed by atoms with Crippen LogP contribution in [0.15, 0.2) is 54.6 Å². The number of rotatable bonds is 7. The first-order chi connectivity index (χ1) is 14.7. The van der Waals surface area contributed by atoms with E-state index in [-0.39, 0.29) is 18.3 Å². The van der Waals surface area contributed by atoms with Gasteiger partial charge in [-0.15, -0.1) is 0 Å². The highest BCUT2D eigenvalue weighted by atomic mass is 33.1. The summed E-state index contributed by atoms with van der Waals surface area (Å²) < 4.78 is 36.2. The molecule has 2 aliphatic heterocycles. The van der Waals surface area contributed by atoms with Crippen molar-refractivity contribution in [1.29, 1.82) is 0 Å². The average Bonchev–Trinajstić information content (AvgIpc) is 3.18. The van der Waals surface area contributed by atoms with Crippen LogP contribution in [-0.2, 0) is 18.7 Å². The van der Waals surface area contributed by atoms with Gasteiger partial charge in [0.2, 0.25) is 0 Å². The van der Waals surface area contributed by atoms with Gasteiger partial charge in [0.1, 0.15) is 6.54 Å². The molecule has 1 atom stereocenters. The van der Waals surface area contributed by atoms with E-state index in [1.165, 1.54) is 0 Å². The zero-order valence-electron chi connectivity index (χ0n) is 17.1. The number of hydrogen-bond acceptors (Lipinski definition) is 8. The second kappa shape index (κ2) is 8.10. The highest BCUT2D eigenvalue weighted by molar-refractivity contribution is 8.69. The van der Waals surface area contributed by atoms with Crippen molar-refractivity contribution in [2.75, 3.05) is 47.6 Å². The van der Waals surface area contributed by atoms with E-state index in [0.717, 1.165) is 22.6 Å². The van der Waals surface area contributed by atoms with Gasteiger partial charge in [0.15, 0.2) is 0 Å². The lowest BCUT2D eigenvalue weighted by Gasteiger charge is -2.33. The number of esters is 1. The molecule has 1 fully saturated rings. The number of nitrogens with zero attached hydrogens (tertiary/aromatic N) is 3. The second-order valence-electron chi connectivity index (χ2n) is 7.36. The number of ether oxygens (including phenoxy) is 1. The van der Waals surface area contributed by atoms with Crippen molar-refractivity contribution in [3.8, 4) is 0 Å². The van der Waals surface area contributed by atoms with Gasteiger partial charge < -0.3 is 14.5 Å². The van der Waals surface area contributed by atoms with E-state index in [1.807, 2.05) is 89.5 Å². The number of hydrogen-bond donors (Lipinski definition) is 1. The zero-order chi connectivity index (χ0) is 22.2. The van der Waals surface area contributed by atoms with Crippen LogP contribution in [0, 0.1) is 0 Å². The Kier molecular flexibility index (Phi) is 5.63. The Morgan fingerprint density at radius 2 is 1.87 bits per heavy atom. The third-order valence-electron chi connectivity index (χ3n) is 5.44. The molecule has 8 nitrogen and oxygen atoms in total. The predicted molar refractivity (Wildman–Crippen MR) is 124 cm³/mol. The van der Waals surface area contributed by atoms with E-state index in [0.29, 0.717) is 17.3 Å². The average molecular weight is 462 g/mol. The molecule has 164 valence electrons. The molecule has 2 aromatic rings. The smallest absolute Gasteiger partial charge is 0.329 e. The summed E-state index contributed by atoms with van der Waals surface area (Å²) in [6.07, 6.45) is 3.81. The van der Waals surface area contributed by atoms with Crippen LogP contribution in [0.4, 0.5) is 17.1 Å². The number of carbonyl (C=O) groups is 1. The van der Waals surface area contributed by atoms with Crippen LogP contribution in [0.3, 0.4) is 0 Å². The van der Waals surface area contributed by atoms with Gasteiger partial charge in [-0.2, -0.15) is 8.42 Å². The minimum atomic E-state index is -4.02. The van der Waals surface area contributed by atoms with E-state index >= 15 is 0 Å². The number of fused-ring (bicyclic) bond motifs is 3. The molecule has 0 radical (unpaired) electrons. The third kappa shape index (κ3) is 4.23. The Balaban J connectivity index is 1.49. The quantitative estimate of drug-likeness (QED) is 0.380. The molecule has 1 saturated heterocycles. The van der Waals surface area contributed by atoms with Crippen molar-refractivity contribution in [3.63, 3.8) is 0 Å². The van der Waals surface area contributed by atoms with Gasteiger partial charge in [-0.05, 0) is 40.6 Å². The minimum Gasteiger partial charge on any atom is -0.414 e. The van der Waals surface area contributed by atoms with Crippen molar-refractivity contribution in [1.82, 2.24) is 0 Å². The fourth-order valence-corrected chi connectivity index (χ4v) is 5.26. The number of benzene rings is 2. The van der Waals surface area contributed by atoms with Crippen molar-refractivity contribution in [3.05, 3.63) is 60.2 Å². The molecule has 0 saturated carbocycles. The molecule has 2 heterocycles. The first-order valence-corrected chi connectivity index (χ1v) is 12.6. The standard InChI is InChI=1S/C21H23N3O5S2/c1-22(13-14-30-31(26,27)28)17-9-7-16(8-10-17)11-12-21-23(2)18-5-3-4-6-19(18)24(21)15-20(25)29-21/h3-12H,13-15H2,1-2H3,(H,26,27,28)/b12-11+.